The van der Waals surface area contributed by atoms with Crippen LogP contribution in [0.1, 0.15) is 57.7 Å². The predicted molar refractivity (Wildman–Crippen MR) is 115 cm³/mol. The molecule has 2 aromatic heterocycles. The van der Waals surface area contributed by atoms with Crippen LogP contribution in [0.3, 0.4) is 0 Å². The number of piperidine rings is 1. The van der Waals surface area contributed by atoms with Crippen molar-refractivity contribution in [2.24, 2.45) is 0 Å². The molecule has 9 heteroatoms. The normalized spacial score (nSPS) is 16.5. The molecule has 1 saturated heterocycles. The van der Waals surface area contributed by atoms with Gasteiger partial charge in [0, 0.05) is 44.0 Å². The van der Waals surface area contributed by atoms with Crippen LogP contribution in [0, 0.1) is 0 Å². The number of carbonyl (C=O) groups excluding carboxylic acids is 2. The van der Waals surface area contributed by atoms with E-state index in [1.165, 1.54) is 6.92 Å². The molecule has 9 nitrogen and oxygen atoms in total. The molecule has 1 amide bonds. The minimum Gasteiger partial charge on any atom is -0.444 e. The van der Waals surface area contributed by atoms with E-state index in [0.29, 0.717) is 18.8 Å². The third-order valence-corrected chi connectivity index (χ3v) is 5.61. The average molecular weight is 428 g/mol. The van der Waals surface area contributed by atoms with Crippen LogP contribution in [0.15, 0.2) is 12.4 Å². The van der Waals surface area contributed by atoms with Crippen molar-refractivity contribution < 1.29 is 19.1 Å². The zero-order valence-electron chi connectivity index (χ0n) is 18.5. The summed E-state index contributed by atoms with van der Waals surface area (Å²) in [6.07, 6.45) is 6.40. The number of ether oxygens (including phenoxy) is 2. The molecule has 3 heterocycles. The number of nitrogens with two attached hydrogens (primary N) is 1. The van der Waals surface area contributed by atoms with Gasteiger partial charge in [-0.2, -0.15) is 0 Å². The maximum atomic E-state index is 12.4. The second-order valence-electron chi connectivity index (χ2n) is 9.12. The van der Waals surface area contributed by atoms with Crippen LogP contribution in [0.5, 0.6) is 5.75 Å². The number of nitrogens with zero attached hydrogens (tertiary/aromatic N) is 4. The van der Waals surface area contributed by atoms with E-state index in [1.807, 2.05) is 27.0 Å². The van der Waals surface area contributed by atoms with E-state index in [2.05, 4.69) is 14.5 Å². The van der Waals surface area contributed by atoms with Crippen molar-refractivity contribution in [2.45, 2.75) is 65.0 Å². The van der Waals surface area contributed by atoms with Crippen LogP contribution < -0.4 is 10.5 Å². The molecule has 4 rings (SSSR count). The topological polar surface area (TPSA) is 113 Å². The van der Waals surface area contributed by atoms with Crippen molar-refractivity contribution >= 4 is 18.0 Å². The van der Waals surface area contributed by atoms with E-state index >= 15 is 0 Å². The minimum absolute atomic E-state index is 0.138. The van der Waals surface area contributed by atoms with Gasteiger partial charge in [0.1, 0.15) is 5.60 Å². The number of fused-ring (bicyclic) bond motifs is 3. The van der Waals surface area contributed by atoms with Crippen LogP contribution in [0.2, 0.25) is 0 Å². The molecule has 2 aliphatic rings. The summed E-state index contributed by atoms with van der Waals surface area (Å²) >= 11 is 0. The number of aromatic nitrogens is 3. The van der Waals surface area contributed by atoms with Crippen LogP contribution in [0.4, 0.5) is 10.7 Å². The number of amides is 1. The maximum Gasteiger partial charge on any atom is 0.410 e. The molecular formula is C22H29N5O4. The second-order valence-corrected chi connectivity index (χ2v) is 9.12. The van der Waals surface area contributed by atoms with Gasteiger partial charge in [0.05, 0.1) is 11.4 Å². The molecule has 0 bridgehead atoms. The Bertz CT molecular complexity index is 1020. The third-order valence-electron chi connectivity index (χ3n) is 5.61. The fraction of sp³-hybridized carbons (Fsp3) is 0.545. The highest BCUT2D eigenvalue weighted by atomic mass is 16.6. The van der Waals surface area contributed by atoms with Crippen molar-refractivity contribution in [1.29, 1.82) is 0 Å². The summed E-state index contributed by atoms with van der Waals surface area (Å²) in [6.45, 7) is 8.18. The summed E-state index contributed by atoms with van der Waals surface area (Å²) in [4.78, 5) is 34.5. The average Bonchev–Trinajstić information content (AvgIpc) is 3.05. The molecule has 0 unspecified atom stereocenters. The van der Waals surface area contributed by atoms with E-state index in [9.17, 15) is 9.59 Å². The predicted octanol–water partition coefficient (Wildman–Crippen LogP) is 3.12. The Morgan fingerprint density at radius 1 is 1.19 bits per heavy atom. The van der Waals surface area contributed by atoms with Gasteiger partial charge in [0.25, 0.3) is 0 Å². The van der Waals surface area contributed by atoms with Gasteiger partial charge in [-0.3, -0.25) is 4.79 Å². The Balaban J connectivity index is 1.63. The van der Waals surface area contributed by atoms with Crippen LogP contribution in [-0.2, 0) is 22.4 Å². The van der Waals surface area contributed by atoms with Gasteiger partial charge in [0.2, 0.25) is 5.95 Å². The van der Waals surface area contributed by atoms with Crippen molar-refractivity contribution in [3.63, 3.8) is 0 Å². The largest absolute Gasteiger partial charge is 0.444 e. The first-order chi connectivity index (χ1) is 14.6. The summed E-state index contributed by atoms with van der Waals surface area (Å²) < 4.78 is 13.2. The van der Waals surface area contributed by atoms with E-state index in [-0.39, 0.29) is 24.1 Å². The highest BCUT2D eigenvalue weighted by molar-refractivity contribution is 5.75. The molecule has 0 radical (unpaired) electrons. The van der Waals surface area contributed by atoms with Crippen LogP contribution in [0.25, 0.3) is 11.4 Å². The molecule has 2 aromatic rings. The molecule has 1 aliphatic heterocycles. The number of nitrogen functional groups attached to an aromatic ring is 1. The number of rotatable bonds is 2. The number of esters is 1. The first-order valence-electron chi connectivity index (χ1n) is 10.6. The number of aryl methyl sites for hydroxylation is 1. The molecule has 166 valence electrons. The summed E-state index contributed by atoms with van der Waals surface area (Å²) in [5.74, 6) is 0.431. The van der Waals surface area contributed by atoms with Crippen LogP contribution >= 0.6 is 0 Å². The monoisotopic (exact) mass is 427 g/mol. The summed E-state index contributed by atoms with van der Waals surface area (Å²) in [5.41, 5.74) is 9.09. The molecular weight excluding hydrogens is 398 g/mol. The fourth-order valence-corrected chi connectivity index (χ4v) is 4.30. The second kappa shape index (κ2) is 7.86. The molecule has 1 aliphatic carbocycles. The summed E-state index contributed by atoms with van der Waals surface area (Å²) in [6, 6.07) is 0.138. The number of likely N-dealkylation sites (tertiary alicyclic amines) is 1. The molecule has 0 atom stereocenters. The van der Waals surface area contributed by atoms with Gasteiger partial charge < -0.3 is 24.7 Å². The summed E-state index contributed by atoms with van der Waals surface area (Å²) in [5, 5.41) is 0. The van der Waals surface area contributed by atoms with Crippen molar-refractivity contribution in [3.05, 3.63) is 23.5 Å². The van der Waals surface area contributed by atoms with Gasteiger partial charge in [0.15, 0.2) is 5.75 Å². The Morgan fingerprint density at radius 3 is 2.55 bits per heavy atom. The lowest BCUT2D eigenvalue weighted by Gasteiger charge is -2.35. The lowest BCUT2D eigenvalue weighted by Crippen LogP contribution is -2.42. The summed E-state index contributed by atoms with van der Waals surface area (Å²) in [7, 11) is 0. The van der Waals surface area contributed by atoms with E-state index in [4.69, 9.17) is 15.2 Å². The van der Waals surface area contributed by atoms with Gasteiger partial charge >= 0.3 is 12.1 Å². The lowest BCUT2D eigenvalue weighted by molar-refractivity contribution is -0.131. The van der Waals surface area contributed by atoms with Gasteiger partial charge in [-0.15, -0.1) is 0 Å². The molecule has 0 saturated carbocycles. The Labute approximate surface area is 181 Å². The van der Waals surface area contributed by atoms with Crippen molar-refractivity contribution in [1.82, 2.24) is 19.4 Å². The molecule has 2 N–H and O–H groups in total. The maximum absolute atomic E-state index is 12.4. The number of hydrogen-bond donors (Lipinski definition) is 1. The van der Waals surface area contributed by atoms with Crippen LogP contribution in [-0.4, -0.2) is 50.2 Å². The van der Waals surface area contributed by atoms with E-state index in [0.717, 1.165) is 48.2 Å². The smallest absolute Gasteiger partial charge is 0.410 e. The zero-order valence-corrected chi connectivity index (χ0v) is 18.5. The first-order valence-corrected chi connectivity index (χ1v) is 10.6. The number of carbonyl (C=O) groups is 2. The third kappa shape index (κ3) is 4.35. The fourth-order valence-electron chi connectivity index (χ4n) is 4.30. The number of anilines is 1. The van der Waals surface area contributed by atoms with E-state index in [1.54, 1.807) is 11.1 Å². The minimum atomic E-state index is -0.518. The highest BCUT2D eigenvalue weighted by Gasteiger charge is 2.33. The molecule has 1 fully saturated rings. The van der Waals surface area contributed by atoms with Crippen molar-refractivity contribution in [2.75, 3.05) is 18.8 Å². The SMILES string of the molecule is CC(=O)Oc1cn(C2CCN(C(=O)OC(C)(C)C)CC2)c2c1CCc1cnc(N)nc1-2. The lowest BCUT2D eigenvalue weighted by atomic mass is 9.94. The van der Waals surface area contributed by atoms with Gasteiger partial charge in [-0.25, -0.2) is 14.8 Å². The Kier molecular flexibility index (Phi) is 5.36. The number of hydrogen-bond acceptors (Lipinski definition) is 7. The standard InChI is InChI=1S/C22H29N5O4/c1-13(28)30-17-12-27(15-7-9-26(10-8-15)21(29)31-22(2,3)4)19-16(17)6-5-14-11-24-20(23)25-18(14)19/h11-12,15H,5-10H2,1-4H3,(H2,23,24,25). The van der Waals surface area contributed by atoms with Gasteiger partial charge in [-0.1, -0.05) is 0 Å². The van der Waals surface area contributed by atoms with Gasteiger partial charge in [-0.05, 0) is 52.0 Å². The highest BCUT2D eigenvalue weighted by Crippen LogP contribution is 2.42. The molecule has 0 aromatic carbocycles. The first kappa shape index (κ1) is 21.1. The van der Waals surface area contributed by atoms with E-state index < -0.39 is 5.60 Å². The van der Waals surface area contributed by atoms with Crippen molar-refractivity contribution in [3.8, 4) is 17.1 Å². The molecule has 0 spiro atoms. The quantitative estimate of drug-likeness (QED) is 0.733. The Morgan fingerprint density at radius 2 is 1.90 bits per heavy atom. The molecule has 31 heavy (non-hydrogen) atoms. The Hall–Kier alpha value is -3.10. The zero-order chi connectivity index (χ0) is 22.3.